The van der Waals surface area contributed by atoms with Crippen LogP contribution in [0.3, 0.4) is 0 Å². The van der Waals surface area contributed by atoms with E-state index in [-0.39, 0.29) is 17.4 Å². The molecule has 1 saturated carbocycles. The zero-order chi connectivity index (χ0) is 10.8. The monoisotopic (exact) mass is 195 g/mol. The maximum Gasteiger partial charge on any atom is 0.230 e. The van der Waals surface area contributed by atoms with Crippen LogP contribution < -0.4 is 5.73 Å². The van der Waals surface area contributed by atoms with E-state index in [2.05, 4.69) is 6.07 Å². The maximum absolute atomic E-state index is 11.9. The van der Waals surface area contributed by atoms with Crippen molar-refractivity contribution in [2.24, 2.45) is 11.1 Å². The van der Waals surface area contributed by atoms with E-state index >= 15 is 0 Å². The van der Waals surface area contributed by atoms with E-state index in [9.17, 15) is 4.79 Å². The van der Waals surface area contributed by atoms with Crippen molar-refractivity contribution in [3.05, 3.63) is 0 Å². The number of amides is 1. The van der Waals surface area contributed by atoms with Crippen LogP contribution in [0.25, 0.3) is 0 Å². The number of nitriles is 1. The lowest BCUT2D eigenvalue weighted by atomic mass is 10.0. The summed E-state index contributed by atoms with van der Waals surface area (Å²) in [5, 5.41) is 8.53. The van der Waals surface area contributed by atoms with Crippen LogP contribution in [0.4, 0.5) is 0 Å². The molecular weight excluding hydrogens is 178 g/mol. The van der Waals surface area contributed by atoms with E-state index in [1.165, 1.54) is 0 Å². The van der Waals surface area contributed by atoms with Gasteiger partial charge in [-0.2, -0.15) is 5.26 Å². The molecule has 0 aliphatic heterocycles. The molecule has 0 spiro atoms. The summed E-state index contributed by atoms with van der Waals surface area (Å²) < 4.78 is 0. The van der Waals surface area contributed by atoms with Gasteiger partial charge in [0.1, 0.15) is 0 Å². The fourth-order valence-corrected chi connectivity index (χ4v) is 1.50. The van der Waals surface area contributed by atoms with Gasteiger partial charge < -0.3 is 10.6 Å². The minimum Gasteiger partial charge on any atom is -0.341 e. The maximum atomic E-state index is 11.9. The normalized spacial score (nSPS) is 19.6. The predicted octanol–water partition coefficient (Wildman–Crippen LogP) is 0.486. The van der Waals surface area contributed by atoms with E-state index in [0.29, 0.717) is 13.0 Å². The van der Waals surface area contributed by atoms with Crippen molar-refractivity contribution in [1.82, 2.24) is 4.90 Å². The van der Waals surface area contributed by atoms with Crippen LogP contribution in [-0.2, 0) is 4.79 Å². The fourth-order valence-electron chi connectivity index (χ4n) is 1.50. The van der Waals surface area contributed by atoms with Crippen LogP contribution >= 0.6 is 0 Å². The number of hydrogen-bond acceptors (Lipinski definition) is 3. The molecule has 4 heteroatoms. The highest BCUT2D eigenvalue weighted by Crippen LogP contribution is 2.46. The number of hydrogen-bond donors (Lipinski definition) is 1. The van der Waals surface area contributed by atoms with Gasteiger partial charge in [0.15, 0.2) is 0 Å². The summed E-state index contributed by atoms with van der Waals surface area (Å²) in [5.41, 5.74) is 5.28. The highest BCUT2D eigenvalue weighted by molar-refractivity contribution is 5.85. The fraction of sp³-hybridized carbons (Fsp3) is 0.800. The molecule has 1 aliphatic rings. The number of rotatable bonds is 4. The topological polar surface area (TPSA) is 70.1 Å². The molecule has 78 valence electrons. The summed E-state index contributed by atoms with van der Waals surface area (Å²) in [6, 6.07) is 2.05. The summed E-state index contributed by atoms with van der Waals surface area (Å²) >= 11 is 0. The van der Waals surface area contributed by atoms with Gasteiger partial charge in [0, 0.05) is 19.6 Å². The van der Waals surface area contributed by atoms with E-state index in [0.717, 1.165) is 12.8 Å². The van der Waals surface area contributed by atoms with Crippen LogP contribution in [0.15, 0.2) is 0 Å². The van der Waals surface area contributed by atoms with E-state index in [1.54, 1.807) is 11.9 Å². The second-order valence-electron chi connectivity index (χ2n) is 4.11. The summed E-state index contributed by atoms with van der Waals surface area (Å²) in [7, 11) is 1.75. The Bertz CT molecular complexity index is 265. The molecule has 0 aromatic heterocycles. The van der Waals surface area contributed by atoms with Gasteiger partial charge in [-0.05, 0) is 19.8 Å². The van der Waals surface area contributed by atoms with E-state index in [4.69, 9.17) is 11.0 Å². The van der Waals surface area contributed by atoms with Gasteiger partial charge >= 0.3 is 0 Å². The predicted molar refractivity (Wildman–Crippen MR) is 53.2 cm³/mol. The first kappa shape index (κ1) is 11.0. The van der Waals surface area contributed by atoms with Gasteiger partial charge in [-0.3, -0.25) is 4.79 Å². The molecule has 0 saturated heterocycles. The average Bonchev–Trinajstić information content (AvgIpc) is 2.96. The average molecular weight is 195 g/mol. The van der Waals surface area contributed by atoms with Crippen molar-refractivity contribution >= 4 is 5.91 Å². The molecule has 1 amide bonds. The smallest absolute Gasteiger partial charge is 0.230 e. The Balaban J connectivity index is 2.57. The minimum atomic E-state index is -0.293. The second kappa shape index (κ2) is 3.97. The highest BCUT2D eigenvalue weighted by atomic mass is 16.2. The Morgan fingerprint density at radius 2 is 2.29 bits per heavy atom. The van der Waals surface area contributed by atoms with Crippen molar-refractivity contribution in [2.75, 3.05) is 13.6 Å². The molecule has 0 radical (unpaired) electrons. The first-order valence-corrected chi connectivity index (χ1v) is 4.91. The Labute approximate surface area is 84.7 Å². The Hall–Kier alpha value is -1.08. The van der Waals surface area contributed by atoms with Crippen LogP contribution in [0.1, 0.15) is 26.2 Å². The zero-order valence-corrected chi connectivity index (χ0v) is 8.79. The minimum absolute atomic E-state index is 0.0171. The first-order chi connectivity index (χ1) is 6.57. The summed E-state index contributed by atoms with van der Waals surface area (Å²) in [6.45, 7) is 2.31. The molecule has 0 heterocycles. The first-order valence-electron chi connectivity index (χ1n) is 4.91. The van der Waals surface area contributed by atoms with Gasteiger partial charge in [-0.25, -0.2) is 0 Å². The molecule has 4 nitrogen and oxygen atoms in total. The lowest BCUT2D eigenvalue weighted by Gasteiger charge is -2.27. The largest absolute Gasteiger partial charge is 0.341 e. The Morgan fingerprint density at radius 3 is 2.64 bits per heavy atom. The lowest BCUT2D eigenvalue weighted by molar-refractivity contribution is -0.137. The van der Waals surface area contributed by atoms with Gasteiger partial charge in [-0.15, -0.1) is 0 Å². The number of nitrogens with two attached hydrogens (primary N) is 1. The van der Waals surface area contributed by atoms with E-state index < -0.39 is 0 Å². The summed E-state index contributed by atoms with van der Waals surface area (Å²) in [4.78, 5) is 13.6. The van der Waals surface area contributed by atoms with Crippen molar-refractivity contribution in [2.45, 2.75) is 32.2 Å². The third-order valence-electron chi connectivity index (χ3n) is 3.07. The van der Waals surface area contributed by atoms with Gasteiger partial charge in [-0.1, -0.05) is 0 Å². The zero-order valence-electron chi connectivity index (χ0n) is 8.79. The molecule has 0 bridgehead atoms. The number of carbonyl (C=O) groups excluding carboxylic acids is 1. The molecular formula is C10H17N3O. The summed E-state index contributed by atoms with van der Waals surface area (Å²) in [5.74, 6) is 0.0998. The highest BCUT2D eigenvalue weighted by Gasteiger charge is 2.50. The Kier molecular flexibility index (Phi) is 3.12. The SMILES string of the molecule is CC(CC#N)N(C)C(=O)C1(CN)CC1. The molecule has 1 aliphatic carbocycles. The van der Waals surface area contributed by atoms with E-state index in [1.807, 2.05) is 6.92 Å². The molecule has 1 unspecified atom stereocenters. The van der Waals surface area contributed by atoms with Gasteiger partial charge in [0.2, 0.25) is 5.91 Å². The Morgan fingerprint density at radius 1 is 1.71 bits per heavy atom. The standard InChI is InChI=1S/C10H17N3O/c1-8(3-6-11)13(2)9(14)10(7-12)4-5-10/h8H,3-5,7,12H2,1-2H3. The number of nitrogens with zero attached hydrogens (tertiary/aromatic N) is 2. The number of carbonyl (C=O) groups is 1. The van der Waals surface area contributed by atoms with Crippen LogP contribution in [0.5, 0.6) is 0 Å². The molecule has 0 aromatic rings. The lowest BCUT2D eigenvalue weighted by Crippen LogP contribution is -2.42. The van der Waals surface area contributed by atoms with Crippen LogP contribution in [-0.4, -0.2) is 30.4 Å². The second-order valence-corrected chi connectivity index (χ2v) is 4.11. The van der Waals surface area contributed by atoms with Crippen LogP contribution in [0.2, 0.25) is 0 Å². The van der Waals surface area contributed by atoms with Crippen molar-refractivity contribution in [3.63, 3.8) is 0 Å². The third kappa shape index (κ3) is 1.88. The van der Waals surface area contributed by atoms with Gasteiger partial charge in [0.25, 0.3) is 0 Å². The molecule has 2 N–H and O–H groups in total. The van der Waals surface area contributed by atoms with Crippen molar-refractivity contribution in [1.29, 1.82) is 5.26 Å². The van der Waals surface area contributed by atoms with Crippen molar-refractivity contribution in [3.8, 4) is 6.07 Å². The summed E-state index contributed by atoms with van der Waals surface area (Å²) in [6.07, 6.45) is 2.17. The molecule has 0 aromatic carbocycles. The van der Waals surface area contributed by atoms with Crippen LogP contribution in [0, 0.1) is 16.7 Å². The third-order valence-corrected chi connectivity index (χ3v) is 3.07. The molecule has 1 fully saturated rings. The quantitative estimate of drug-likeness (QED) is 0.709. The molecule has 14 heavy (non-hydrogen) atoms. The molecule has 1 rings (SSSR count). The molecule has 1 atom stereocenters. The van der Waals surface area contributed by atoms with Gasteiger partial charge in [0.05, 0.1) is 17.9 Å². The van der Waals surface area contributed by atoms with Crippen molar-refractivity contribution < 1.29 is 4.79 Å².